The summed E-state index contributed by atoms with van der Waals surface area (Å²) in [4.78, 5) is 27.7. The Bertz CT molecular complexity index is 1220. The number of halogens is 4. The van der Waals surface area contributed by atoms with E-state index in [1.54, 1.807) is 12.1 Å². The molecule has 0 saturated heterocycles. The number of alkyl halides is 3. The first kappa shape index (κ1) is 25.2. The van der Waals surface area contributed by atoms with Crippen LogP contribution in [0.15, 0.2) is 46.1 Å². The molecule has 0 radical (unpaired) electrons. The number of thiophene rings is 1. The first-order valence-electron chi connectivity index (χ1n) is 9.97. The van der Waals surface area contributed by atoms with E-state index in [0.717, 1.165) is 16.5 Å². The van der Waals surface area contributed by atoms with E-state index in [0.29, 0.717) is 25.1 Å². The number of carbonyl (C=O) groups excluding carboxylic acids is 1. The molecule has 0 fully saturated rings. The summed E-state index contributed by atoms with van der Waals surface area (Å²) in [7, 11) is 1.42. The van der Waals surface area contributed by atoms with Gasteiger partial charge in [0.15, 0.2) is 0 Å². The van der Waals surface area contributed by atoms with Crippen molar-refractivity contribution in [2.75, 3.05) is 23.4 Å². The van der Waals surface area contributed by atoms with Crippen molar-refractivity contribution in [3.8, 4) is 10.4 Å². The number of benzene rings is 1. The van der Waals surface area contributed by atoms with Gasteiger partial charge >= 0.3 is 6.18 Å². The maximum atomic E-state index is 13.6. The normalized spacial score (nSPS) is 11.5. The molecule has 0 aliphatic carbocycles. The lowest BCUT2D eigenvalue weighted by atomic mass is 10.2. The highest BCUT2D eigenvalue weighted by atomic mass is 35.5. The lowest BCUT2D eigenvalue weighted by Gasteiger charge is -2.19. The Morgan fingerprint density at radius 2 is 1.85 bits per heavy atom. The van der Waals surface area contributed by atoms with Crippen molar-refractivity contribution < 1.29 is 18.0 Å². The third-order valence-electron chi connectivity index (χ3n) is 4.74. The van der Waals surface area contributed by atoms with Crippen LogP contribution in [0.25, 0.3) is 10.4 Å². The number of amides is 1. The number of pyridine rings is 1. The minimum absolute atomic E-state index is 0.114. The van der Waals surface area contributed by atoms with Crippen molar-refractivity contribution in [2.45, 2.75) is 31.5 Å². The molecule has 0 atom stereocenters. The molecule has 0 spiro atoms. The van der Waals surface area contributed by atoms with Gasteiger partial charge in [-0.25, -0.2) is 0 Å². The summed E-state index contributed by atoms with van der Waals surface area (Å²) in [6.45, 7) is 3.22. The van der Waals surface area contributed by atoms with E-state index in [1.807, 2.05) is 25.1 Å². The highest BCUT2D eigenvalue weighted by Gasteiger charge is 2.36. The highest BCUT2D eigenvalue weighted by molar-refractivity contribution is 7.99. The maximum Gasteiger partial charge on any atom is 0.431 e. The van der Waals surface area contributed by atoms with E-state index < -0.39 is 23.3 Å². The second kappa shape index (κ2) is 10.2. The molecule has 5 nitrogen and oxygen atoms in total. The van der Waals surface area contributed by atoms with Crippen LogP contribution in [0.3, 0.4) is 0 Å². The number of thioether (sulfide) groups is 1. The fourth-order valence-electron chi connectivity index (χ4n) is 3.27. The number of nitrogens with one attached hydrogen (secondary N) is 2. The molecular weight excluding hydrogens is 495 g/mol. The van der Waals surface area contributed by atoms with Gasteiger partial charge in [-0.1, -0.05) is 30.7 Å². The van der Waals surface area contributed by atoms with Crippen molar-refractivity contribution in [1.82, 2.24) is 4.57 Å². The minimum Gasteiger partial charge on any atom is -0.382 e. The van der Waals surface area contributed by atoms with Gasteiger partial charge in [0, 0.05) is 28.4 Å². The topological polar surface area (TPSA) is 63.1 Å². The predicted octanol–water partition coefficient (Wildman–Crippen LogP) is 6.67. The number of nitrogens with zero attached hydrogens (tertiary/aromatic N) is 1. The minimum atomic E-state index is -4.76. The zero-order chi connectivity index (χ0) is 24.3. The molecule has 2 N–H and O–H groups in total. The average Bonchev–Trinajstić information content (AvgIpc) is 3.18. The van der Waals surface area contributed by atoms with Crippen LogP contribution in [-0.4, -0.2) is 23.3 Å². The van der Waals surface area contributed by atoms with Crippen LogP contribution in [-0.2, 0) is 12.7 Å². The maximum absolute atomic E-state index is 13.6. The molecule has 176 valence electrons. The van der Waals surface area contributed by atoms with E-state index >= 15 is 0 Å². The van der Waals surface area contributed by atoms with Gasteiger partial charge in [-0.3, -0.25) is 9.59 Å². The molecule has 11 heteroatoms. The zero-order valence-electron chi connectivity index (χ0n) is 18.0. The Balaban J connectivity index is 2.06. The van der Waals surface area contributed by atoms with Crippen LogP contribution in [0.2, 0.25) is 5.02 Å². The Hall–Kier alpha value is -2.43. The van der Waals surface area contributed by atoms with Crippen LogP contribution >= 0.6 is 34.7 Å². The lowest BCUT2D eigenvalue weighted by Crippen LogP contribution is -2.30. The highest BCUT2D eigenvalue weighted by Crippen LogP contribution is 2.38. The number of anilines is 2. The van der Waals surface area contributed by atoms with Gasteiger partial charge in [-0.2, -0.15) is 13.2 Å². The molecule has 0 aliphatic rings. The van der Waals surface area contributed by atoms with Crippen molar-refractivity contribution in [2.24, 2.45) is 0 Å². The number of hydrogen-bond acceptors (Lipinski definition) is 5. The summed E-state index contributed by atoms with van der Waals surface area (Å²) in [6, 6.07) is 9.79. The Kier molecular flexibility index (Phi) is 7.81. The standard InChI is InChI=1S/C22H21ClF3N3O2S2/c1-4-29-17(22(24,25)26)10-14(18(27-3)21(29)31)28-20(30)19-16(32-5-2)11-15(33-19)12-6-8-13(23)9-7-12/h6-11,27H,4-5H2,1-3H3,(H,28,30). The number of carbonyl (C=O) groups is 1. The van der Waals surface area contributed by atoms with Crippen molar-refractivity contribution >= 4 is 52.0 Å². The van der Waals surface area contributed by atoms with Gasteiger partial charge < -0.3 is 15.2 Å². The van der Waals surface area contributed by atoms with Gasteiger partial charge in [0.1, 0.15) is 16.3 Å². The third-order valence-corrected chi connectivity index (χ3v) is 7.22. The summed E-state index contributed by atoms with van der Waals surface area (Å²) in [5.41, 5.74) is -1.46. The third kappa shape index (κ3) is 5.39. The molecule has 2 aromatic heterocycles. The fourth-order valence-corrected chi connectivity index (χ4v) is 5.46. The molecule has 1 aromatic carbocycles. The van der Waals surface area contributed by atoms with Crippen LogP contribution in [0.1, 0.15) is 29.2 Å². The molecule has 0 bridgehead atoms. The molecule has 0 aliphatic heterocycles. The van der Waals surface area contributed by atoms with E-state index in [-0.39, 0.29) is 17.9 Å². The largest absolute Gasteiger partial charge is 0.431 e. The molecule has 0 saturated carbocycles. The fraction of sp³-hybridized carbons (Fsp3) is 0.273. The molecule has 3 rings (SSSR count). The van der Waals surface area contributed by atoms with Crippen LogP contribution in [0.5, 0.6) is 0 Å². The summed E-state index contributed by atoms with van der Waals surface area (Å²) in [5.74, 6) is 0.110. The van der Waals surface area contributed by atoms with Crippen molar-refractivity contribution in [1.29, 1.82) is 0 Å². The molecular formula is C22H21ClF3N3O2S2. The predicted molar refractivity (Wildman–Crippen MR) is 130 cm³/mol. The number of hydrogen-bond donors (Lipinski definition) is 2. The summed E-state index contributed by atoms with van der Waals surface area (Å²) in [6.07, 6.45) is -4.76. The zero-order valence-corrected chi connectivity index (χ0v) is 20.4. The number of aromatic nitrogens is 1. The Morgan fingerprint density at radius 3 is 2.39 bits per heavy atom. The molecule has 0 unspecified atom stereocenters. The molecule has 2 heterocycles. The van der Waals surface area contributed by atoms with Crippen molar-refractivity contribution in [3.05, 3.63) is 62.3 Å². The second-order valence-corrected chi connectivity index (χ2v) is 9.61. The average molecular weight is 516 g/mol. The summed E-state index contributed by atoms with van der Waals surface area (Å²) >= 11 is 8.62. The quantitative estimate of drug-likeness (QED) is 0.345. The Labute approximate surface area is 202 Å². The van der Waals surface area contributed by atoms with Crippen molar-refractivity contribution in [3.63, 3.8) is 0 Å². The van der Waals surface area contributed by atoms with Gasteiger partial charge in [0.2, 0.25) is 0 Å². The smallest absolute Gasteiger partial charge is 0.382 e. The summed E-state index contributed by atoms with van der Waals surface area (Å²) in [5, 5.41) is 5.72. The van der Waals surface area contributed by atoms with E-state index in [2.05, 4.69) is 10.6 Å². The van der Waals surface area contributed by atoms with Gasteiger partial charge in [-0.05, 0) is 42.5 Å². The summed E-state index contributed by atoms with van der Waals surface area (Å²) < 4.78 is 41.3. The second-order valence-electron chi connectivity index (χ2n) is 6.81. The van der Waals surface area contributed by atoms with Crippen LogP contribution in [0, 0.1) is 0 Å². The van der Waals surface area contributed by atoms with E-state index in [4.69, 9.17) is 11.6 Å². The SMILES string of the molecule is CCSc1cc(-c2ccc(Cl)cc2)sc1C(=O)Nc1cc(C(F)(F)F)n(CC)c(=O)c1NC. The molecule has 3 aromatic rings. The molecule has 1 amide bonds. The van der Waals surface area contributed by atoms with E-state index in [1.165, 1.54) is 37.1 Å². The van der Waals surface area contributed by atoms with Crippen LogP contribution < -0.4 is 16.2 Å². The first-order chi connectivity index (χ1) is 15.6. The van der Waals surface area contributed by atoms with Gasteiger partial charge in [0.05, 0.1) is 5.69 Å². The van der Waals surface area contributed by atoms with Gasteiger partial charge in [-0.15, -0.1) is 23.1 Å². The van der Waals surface area contributed by atoms with E-state index in [9.17, 15) is 22.8 Å². The first-order valence-corrected chi connectivity index (χ1v) is 12.1. The van der Waals surface area contributed by atoms with Gasteiger partial charge in [0.25, 0.3) is 11.5 Å². The monoisotopic (exact) mass is 515 g/mol. The van der Waals surface area contributed by atoms with Crippen LogP contribution in [0.4, 0.5) is 24.5 Å². The lowest BCUT2D eigenvalue weighted by molar-refractivity contribution is -0.144. The number of rotatable bonds is 7. The molecule has 33 heavy (non-hydrogen) atoms. The Morgan fingerprint density at radius 1 is 1.18 bits per heavy atom.